The van der Waals surface area contributed by atoms with Crippen LogP contribution in [0.25, 0.3) is 10.9 Å². The van der Waals surface area contributed by atoms with E-state index in [0.717, 1.165) is 40.9 Å². The van der Waals surface area contributed by atoms with Gasteiger partial charge in [0.2, 0.25) is 5.91 Å². The maximum atomic E-state index is 11.0. The molecule has 21 heavy (non-hydrogen) atoms. The van der Waals surface area contributed by atoms with Crippen molar-refractivity contribution in [3.63, 3.8) is 0 Å². The number of rotatable bonds is 7. The van der Waals surface area contributed by atoms with Crippen LogP contribution in [0.15, 0.2) is 18.2 Å². The number of nitrogens with two attached hydrogens (primary N) is 1. The Balaban J connectivity index is 2.06. The first-order chi connectivity index (χ1) is 10.2. The van der Waals surface area contributed by atoms with Crippen LogP contribution >= 0.6 is 0 Å². The second-order valence-corrected chi connectivity index (χ2v) is 4.74. The van der Waals surface area contributed by atoms with Gasteiger partial charge in [0.05, 0.1) is 26.3 Å². The number of H-pyrrole nitrogens is 1. The summed E-state index contributed by atoms with van der Waals surface area (Å²) in [6.45, 7) is 0.648. The number of carbonyl (C=O) groups excluding carboxylic acids is 1. The van der Waals surface area contributed by atoms with Crippen LogP contribution in [0.1, 0.15) is 12.1 Å². The van der Waals surface area contributed by atoms with E-state index in [9.17, 15) is 4.79 Å². The van der Waals surface area contributed by atoms with Gasteiger partial charge in [0.25, 0.3) is 0 Å². The third kappa shape index (κ3) is 3.66. The van der Waals surface area contributed by atoms with E-state index in [1.807, 2.05) is 12.1 Å². The van der Waals surface area contributed by atoms with Crippen LogP contribution < -0.4 is 20.5 Å². The average Bonchev–Trinajstić information content (AvgIpc) is 2.92. The van der Waals surface area contributed by atoms with Gasteiger partial charge in [-0.3, -0.25) is 4.79 Å². The Kier molecular flexibility index (Phi) is 5.05. The molecule has 1 aromatic heterocycles. The molecule has 6 nitrogen and oxygen atoms in total. The minimum atomic E-state index is -0.127. The summed E-state index contributed by atoms with van der Waals surface area (Å²) in [6.07, 6.45) is 1.68. The summed E-state index contributed by atoms with van der Waals surface area (Å²) in [7, 11) is 3.27. The number of amides is 1. The monoisotopic (exact) mass is 291 g/mol. The summed E-state index contributed by atoms with van der Waals surface area (Å²) >= 11 is 0. The first kappa shape index (κ1) is 15.2. The van der Waals surface area contributed by atoms with Gasteiger partial charge >= 0.3 is 0 Å². The summed E-state index contributed by atoms with van der Waals surface area (Å²) in [4.78, 5) is 14.4. The molecule has 114 valence electrons. The molecule has 1 heterocycles. The molecule has 2 aromatic rings. The van der Waals surface area contributed by atoms with Crippen molar-refractivity contribution < 1.29 is 14.3 Å². The molecule has 0 fully saturated rings. The molecule has 0 atom stereocenters. The highest BCUT2D eigenvalue weighted by Crippen LogP contribution is 2.31. The van der Waals surface area contributed by atoms with Gasteiger partial charge in [0, 0.05) is 29.8 Å². The number of carbonyl (C=O) groups is 1. The molecule has 2 rings (SSSR count). The van der Waals surface area contributed by atoms with Crippen molar-refractivity contribution in [1.82, 2.24) is 10.3 Å². The van der Waals surface area contributed by atoms with Gasteiger partial charge in [0.1, 0.15) is 11.5 Å². The number of fused-ring (bicyclic) bond motifs is 1. The maximum Gasteiger partial charge on any atom is 0.233 e. The van der Waals surface area contributed by atoms with E-state index >= 15 is 0 Å². The van der Waals surface area contributed by atoms with Crippen LogP contribution in [0.4, 0.5) is 0 Å². The van der Waals surface area contributed by atoms with Crippen LogP contribution in [0.3, 0.4) is 0 Å². The lowest BCUT2D eigenvalue weighted by Crippen LogP contribution is -2.31. The molecule has 4 N–H and O–H groups in total. The Labute approximate surface area is 123 Å². The Morgan fingerprint density at radius 1 is 1.29 bits per heavy atom. The van der Waals surface area contributed by atoms with Crippen LogP contribution in [0.5, 0.6) is 11.5 Å². The van der Waals surface area contributed by atoms with Crippen LogP contribution in [0.2, 0.25) is 0 Å². The molecule has 0 radical (unpaired) electrons. The summed E-state index contributed by atoms with van der Waals surface area (Å²) in [5, 5.41) is 3.78. The fraction of sp³-hybridized carbons (Fsp3) is 0.400. The predicted octanol–water partition coefficient (Wildman–Crippen LogP) is 1.19. The van der Waals surface area contributed by atoms with E-state index in [1.165, 1.54) is 0 Å². The molecule has 0 spiro atoms. The number of methoxy groups -OCH3 is 2. The lowest BCUT2D eigenvalue weighted by atomic mass is 10.2. The summed E-state index contributed by atoms with van der Waals surface area (Å²) in [6, 6.07) is 5.87. The molecule has 0 bridgehead atoms. The topological polar surface area (TPSA) is 89.4 Å². The van der Waals surface area contributed by atoms with Crippen molar-refractivity contribution >= 4 is 16.8 Å². The second-order valence-electron chi connectivity index (χ2n) is 4.74. The molecule has 6 heteroatoms. The highest BCUT2D eigenvalue weighted by molar-refractivity contribution is 5.88. The fourth-order valence-electron chi connectivity index (χ4n) is 2.24. The fourth-order valence-corrected chi connectivity index (χ4v) is 2.24. The number of benzene rings is 1. The number of aromatic amines is 1. The van der Waals surface area contributed by atoms with E-state index < -0.39 is 0 Å². The van der Waals surface area contributed by atoms with Gasteiger partial charge in [-0.2, -0.15) is 0 Å². The van der Waals surface area contributed by atoms with E-state index in [-0.39, 0.29) is 12.5 Å². The quantitative estimate of drug-likeness (QED) is 0.669. The molecule has 0 aliphatic heterocycles. The second kappa shape index (κ2) is 6.99. The summed E-state index contributed by atoms with van der Waals surface area (Å²) < 4.78 is 10.6. The first-order valence-corrected chi connectivity index (χ1v) is 6.88. The number of hydrogen-bond donors (Lipinski definition) is 3. The van der Waals surface area contributed by atoms with Crippen molar-refractivity contribution in [3.05, 3.63) is 23.9 Å². The highest BCUT2D eigenvalue weighted by Gasteiger charge is 2.09. The Morgan fingerprint density at radius 2 is 2.10 bits per heavy atom. The minimum absolute atomic E-state index is 0.0311. The maximum absolute atomic E-state index is 11.0. The standard InChI is InChI=1S/C15H21N3O3/c1-20-11-7-13-12(14(8-11)21-2)6-10(18-13)4-3-5-17-15(19)9-16/h6-8,18H,3-5,9,16H2,1-2H3,(H,17,19). The molecular formula is C15H21N3O3. The molecule has 0 saturated carbocycles. The third-order valence-electron chi connectivity index (χ3n) is 3.32. The van der Waals surface area contributed by atoms with Gasteiger partial charge < -0.3 is 25.5 Å². The largest absolute Gasteiger partial charge is 0.497 e. The highest BCUT2D eigenvalue weighted by atomic mass is 16.5. The van der Waals surface area contributed by atoms with Crippen LogP contribution in [-0.2, 0) is 11.2 Å². The zero-order chi connectivity index (χ0) is 15.2. The van der Waals surface area contributed by atoms with Gasteiger partial charge in [0.15, 0.2) is 0 Å². The lowest BCUT2D eigenvalue weighted by molar-refractivity contribution is -0.119. The third-order valence-corrected chi connectivity index (χ3v) is 3.32. The van der Waals surface area contributed by atoms with Crippen molar-refractivity contribution in [2.45, 2.75) is 12.8 Å². The van der Waals surface area contributed by atoms with E-state index in [2.05, 4.69) is 16.4 Å². The molecular weight excluding hydrogens is 270 g/mol. The summed E-state index contributed by atoms with van der Waals surface area (Å²) in [5.41, 5.74) is 7.31. The Bertz CT molecular complexity index is 622. The molecule has 0 aliphatic rings. The average molecular weight is 291 g/mol. The smallest absolute Gasteiger partial charge is 0.233 e. The Hall–Kier alpha value is -2.21. The molecule has 1 aromatic carbocycles. The summed E-state index contributed by atoms with van der Waals surface area (Å²) in [5.74, 6) is 1.41. The van der Waals surface area contributed by atoms with E-state index in [1.54, 1.807) is 14.2 Å². The molecule has 0 saturated heterocycles. The zero-order valence-electron chi connectivity index (χ0n) is 12.4. The van der Waals surface area contributed by atoms with Gasteiger partial charge in [-0.05, 0) is 18.9 Å². The first-order valence-electron chi connectivity index (χ1n) is 6.88. The number of aryl methyl sites for hydroxylation is 1. The molecule has 1 amide bonds. The van der Waals surface area contributed by atoms with Crippen molar-refractivity contribution in [1.29, 1.82) is 0 Å². The van der Waals surface area contributed by atoms with Crippen molar-refractivity contribution in [2.24, 2.45) is 5.73 Å². The van der Waals surface area contributed by atoms with Crippen LogP contribution in [0, 0.1) is 0 Å². The molecule has 0 aliphatic carbocycles. The number of nitrogens with one attached hydrogen (secondary N) is 2. The Morgan fingerprint density at radius 3 is 2.76 bits per heavy atom. The van der Waals surface area contributed by atoms with Gasteiger partial charge in [-0.1, -0.05) is 0 Å². The van der Waals surface area contributed by atoms with Crippen LogP contribution in [-0.4, -0.2) is 38.2 Å². The molecule has 0 unspecified atom stereocenters. The number of aromatic nitrogens is 1. The minimum Gasteiger partial charge on any atom is -0.497 e. The predicted molar refractivity (Wildman–Crippen MR) is 81.8 cm³/mol. The zero-order valence-corrected chi connectivity index (χ0v) is 12.4. The number of hydrogen-bond acceptors (Lipinski definition) is 4. The van der Waals surface area contributed by atoms with Crippen molar-refractivity contribution in [2.75, 3.05) is 27.3 Å². The van der Waals surface area contributed by atoms with E-state index in [4.69, 9.17) is 15.2 Å². The van der Waals surface area contributed by atoms with Gasteiger partial charge in [-0.15, -0.1) is 0 Å². The van der Waals surface area contributed by atoms with Crippen molar-refractivity contribution in [3.8, 4) is 11.5 Å². The van der Waals surface area contributed by atoms with E-state index in [0.29, 0.717) is 6.54 Å². The SMILES string of the molecule is COc1cc(OC)c2cc(CCCNC(=O)CN)[nH]c2c1. The normalized spacial score (nSPS) is 10.6. The number of ether oxygens (including phenoxy) is 2. The lowest BCUT2D eigenvalue weighted by Gasteiger charge is -2.04. The van der Waals surface area contributed by atoms with Gasteiger partial charge in [-0.25, -0.2) is 0 Å².